The van der Waals surface area contributed by atoms with Gasteiger partial charge in [-0.1, -0.05) is 76.1 Å². The van der Waals surface area contributed by atoms with Gasteiger partial charge in [0.2, 0.25) is 0 Å². The van der Waals surface area contributed by atoms with Gasteiger partial charge in [0.15, 0.2) is 14.6 Å². The van der Waals surface area contributed by atoms with Crippen molar-refractivity contribution in [2.75, 3.05) is 6.61 Å². The van der Waals surface area contributed by atoms with Gasteiger partial charge in [0.05, 0.1) is 12.0 Å². The van der Waals surface area contributed by atoms with Gasteiger partial charge in [-0.15, -0.1) is 0 Å². The zero-order valence-corrected chi connectivity index (χ0v) is 19.7. The van der Waals surface area contributed by atoms with Gasteiger partial charge in [-0.2, -0.15) is 0 Å². The van der Waals surface area contributed by atoms with E-state index in [9.17, 15) is 5.11 Å². The quantitative estimate of drug-likeness (QED) is 0.400. The van der Waals surface area contributed by atoms with E-state index in [4.69, 9.17) is 9.16 Å². The first-order valence-electron chi connectivity index (χ1n) is 10.9. The van der Waals surface area contributed by atoms with E-state index in [-0.39, 0.29) is 17.1 Å². The Bertz CT molecular complexity index is 618. The van der Waals surface area contributed by atoms with Crippen molar-refractivity contribution < 1.29 is 14.3 Å². The van der Waals surface area contributed by atoms with Crippen LogP contribution in [0, 0.1) is 5.92 Å². The number of ether oxygens (including phenoxy) is 1. The maximum atomic E-state index is 10.8. The fourth-order valence-electron chi connectivity index (χ4n) is 3.32. The first kappa shape index (κ1) is 23.3. The Kier molecular flexibility index (Phi) is 8.50. The van der Waals surface area contributed by atoms with Crippen LogP contribution in [0.3, 0.4) is 0 Å². The van der Waals surface area contributed by atoms with Crippen molar-refractivity contribution in [1.82, 2.24) is 0 Å². The highest BCUT2D eigenvalue weighted by Crippen LogP contribution is 2.38. The summed E-state index contributed by atoms with van der Waals surface area (Å²) in [5.74, 6) is -0.0475. The Balaban J connectivity index is 2.06. The van der Waals surface area contributed by atoms with E-state index >= 15 is 0 Å². The summed E-state index contributed by atoms with van der Waals surface area (Å²) in [7, 11) is -1.85. The third kappa shape index (κ3) is 6.55. The molecular formula is C24H40O3Si. The van der Waals surface area contributed by atoms with Gasteiger partial charge in [-0.25, -0.2) is 0 Å². The van der Waals surface area contributed by atoms with Crippen LogP contribution in [0.1, 0.15) is 58.9 Å². The molecule has 0 fully saturated rings. The second-order valence-corrected chi connectivity index (χ2v) is 14.4. The van der Waals surface area contributed by atoms with Gasteiger partial charge in [0.25, 0.3) is 0 Å². The lowest BCUT2D eigenvalue weighted by Gasteiger charge is -2.40. The highest BCUT2D eigenvalue weighted by atomic mass is 28.4. The molecule has 1 N–H and O–H groups in total. The zero-order chi connectivity index (χ0) is 20.8. The zero-order valence-electron chi connectivity index (χ0n) is 18.7. The lowest BCUT2D eigenvalue weighted by atomic mass is 9.89. The van der Waals surface area contributed by atoms with Crippen molar-refractivity contribution >= 4 is 8.32 Å². The number of aryl methyl sites for hydroxylation is 1. The van der Waals surface area contributed by atoms with Crippen LogP contribution in [0.25, 0.3) is 0 Å². The molecule has 0 aliphatic carbocycles. The maximum absolute atomic E-state index is 10.8. The van der Waals surface area contributed by atoms with Crippen molar-refractivity contribution in [3.8, 4) is 0 Å². The molecule has 4 heteroatoms. The Morgan fingerprint density at radius 2 is 1.79 bits per heavy atom. The van der Waals surface area contributed by atoms with Crippen molar-refractivity contribution in [3.05, 3.63) is 47.5 Å². The van der Waals surface area contributed by atoms with Crippen LogP contribution >= 0.6 is 0 Å². The fraction of sp³-hybridized carbons (Fsp3) is 0.667. The maximum Gasteiger partial charge on any atom is 0.192 e. The predicted molar refractivity (Wildman–Crippen MR) is 120 cm³/mol. The molecule has 158 valence electrons. The first-order valence-corrected chi connectivity index (χ1v) is 13.8. The second kappa shape index (κ2) is 10.2. The van der Waals surface area contributed by atoms with E-state index in [0.29, 0.717) is 6.61 Å². The van der Waals surface area contributed by atoms with E-state index in [2.05, 4.69) is 71.1 Å². The summed E-state index contributed by atoms with van der Waals surface area (Å²) in [6, 6.07) is 10.5. The SMILES string of the molecule is CCCCC1=C[C@@H](CCc2ccccc2)OC(O)[C@H]1CO[Si](C)(C)C(C)(C)C. The summed E-state index contributed by atoms with van der Waals surface area (Å²) in [5.41, 5.74) is 2.63. The molecular weight excluding hydrogens is 364 g/mol. The number of hydrogen-bond donors (Lipinski definition) is 1. The van der Waals surface area contributed by atoms with Crippen LogP contribution in [0.15, 0.2) is 42.0 Å². The molecule has 1 aliphatic rings. The van der Waals surface area contributed by atoms with E-state index < -0.39 is 14.6 Å². The van der Waals surface area contributed by atoms with E-state index in [1.54, 1.807) is 0 Å². The second-order valence-electron chi connectivity index (χ2n) is 9.61. The molecule has 28 heavy (non-hydrogen) atoms. The molecule has 0 amide bonds. The van der Waals surface area contributed by atoms with Crippen LogP contribution in [0.2, 0.25) is 18.1 Å². The highest BCUT2D eigenvalue weighted by molar-refractivity contribution is 6.74. The van der Waals surface area contributed by atoms with E-state index in [1.165, 1.54) is 11.1 Å². The molecule has 0 aromatic heterocycles. The van der Waals surface area contributed by atoms with Gasteiger partial charge in [0, 0.05) is 6.61 Å². The van der Waals surface area contributed by atoms with Crippen molar-refractivity contribution in [2.45, 2.75) is 90.3 Å². The smallest absolute Gasteiger partial charge is 0.192 e. The third-order valence-electron chi connectivity index (χ3n) is 6.34. The van der Waals surface area contributed by atoms with Crippen molar-refractivity contribution in [3.63, 3.8) is 0 Å². The predicted octanol–water partition coefficient (Wildman–Crippen LogP) is 6.09. The minimum atomic E-state index is -1.85. The largest absolute Gasteiger partial charge is 0.416 e. The molecule has 0 saturated carbocycles. The molecule has 1 aromatic rings. The Morgan fingerprint density at radius 3 is 2.39 bits per heavy atom. The van der Waals surface area contributed by atoms with Crippen LogP contribution in [0.5, 0.6) is 0 Å². The Morgan fingerprint density at radius 1 is 1.11 bits per heavy atom. The molecule has 3 atom stereocenters. The van der Waals surface area contributed by atoms with Gasteiger partial charge in [0.1, 0.15) is 0 Å². The van der Waals surface area contributed by atoms with Crippen molar-refractivity contribution in [2.24, 2.45) is 5.92 Å². The average Bonchev–Trinajstić information content (AvgIpc) is 2.63. The molecule has 0 saturated heterocycles. The molecule has 0 spiro atoms. The van der Waals surface area contributed by atoms with E-state index in [1.807, 2.05) is 6.07 Å². The Labute approximate surface area is 173 Å². The molecule has 0 radical (unpaired) electrons. The molecule has 0 bridgehead atoms. The average molecular weight is 405 g/mol. The molecule has 1 aromatic carbocycles. The standard InChI is InChI=1S/C24H40O3Si/c1-7-8-14-20-17-21(16-15-19-12-10-9-11-13-19)27-23(25)22(20)18-26-28(5,6)24(2,3)4/h9-13,17,21-23,25H,7-8,14-16,18H2,1-6H3/t21-,22+,23?/m1/s1. The van der Waals surface area contributed by atoms with Crippen LogP contribution in [-0.4, -0.2) is 32.4 Å². The minimum absolute atomic E-state index is 0.0221. The van der Waals surface area contributed by atoms with Crippen LogP contribution in [-0.2, 0) is 15.6 Å². The Hall–Kier alpha value is -0.943. The number of hydrogen-bond acceptors (Lipinski definition) is 3. The molecule has 1 aliphatic heterocycles. The number of benzene rings is 1. The normalized spacial score (nSPS) is 23.5. The van der Waals surface area contributed by atoms with Gasteiger partial charge in [-0.3, -0.25) is 0 Å². The lowest BCUT2D eigenvalue weighted by Crippen LogP contribution is -2.45. The summed E-state index contributed by atoms with van der Waals surface area (Å²) in [6.45, 7) is 14.0. The van der Waals surface area contributed by atoms with Crippen LogP contribution < -0.4 is 0 Å². The molecule has 1 heterocycles. The number of unbranched alkanes of at least 4 members (excludes halogenated alkanes) is 1. The topological polar surface area (TPSA) is 38.7 Å². The van der Waals surface area contributed by atoms with Gasteiger partial charge < -0.3 is 14.3 Å². The third-order valence-corrected chi connectivity index (χ3v) is 10.8. The summed E-state index contributed by atoms with van der Waals surface area (Å²) < 4.78 is 12.4. The number of rotatable bonds is 9. The molecule has 2 rings (SSSR count). The highest BCUT2D eigenvalue weighted by Gasteiger charge is 2.39. The summed E-state index contributed by atoms with van der Waals surface area (Å²) in [6.07, 6.45) is 6.63. The monoisotopic (exact) mass is 404 g/mol. The summed E-state index contributed by atoms with van der Waals surface area (Å²) in [5, 5.41) is 10.9. The molecule has 1 unspecified atom stereocenters. The van der Waals surface area contributed by atoms with Crippen molar-refractivity contribution in [1.29, 1.82) is 0 Å². The fourth-order valence-corrected chi connectivity index (χ4v) is 4.35. The van der Waals surface area contributed by atoms with E-state index in [0.717, 1.165) is 32.1 Å². The summed E-state index contributed by atoms with van der Waals surface area (Å²) in [4.78, 5) is 0. The van der Waals surface area contributed by atoms with Crippen LogP contribution in [0.4, 0.5) is 0 Å². The van der Waals surface area contributed by atoms with Gasteiger partial charge in [-0.05, 0) is 49.4 Å². The molecule has 3 nitrogen and oxygen atoms in total. The number of aliphatic hydroxyl groups excluding tert-OH is 1. The first-order chi connectivity index (χ1) is 13.1. The minimum Gasteiger partial charge on any atom is -0.416 e. The summed E-state index contributed by atoms with van der Waals surface area (Å²) >= 11 is 0. The number of aliphatic hydroxyl groups is 1. The van der Waals surface area contributed by atoms with Gasteiger partial charge >= 0.3 is 0 Å². The lowest BCUT2D eigenvalue weighted by molar-refractivity contribution is -0.162.